The van der Waals surface area contributed by atoms with E-state index in [-0.39, 0.29) is 17.8 Å². The van der Waals surface area contributed by atoms with Gasteiger partial charge in [0.15, 0.2) is 5.78 Å². The van der Waals surface area contributed by atoms with E-state index in [1.54, 1.807) is 0 Å². The van der Waals surface area contributed by atoms with Crippen LogP contribution in [0.5, 0.6) is 0 Å². The monoisotopic (exact) mass is 254 g/mol. The van der Waals surface area contributed by atoms with Crippen molar-refractivity contribution in [2.75, 3.05) is 6.61 Å². The van der Waals surface area contributed by atoms with E-state index in [2.05, 4.69) is 25.7 Å². The molecule has 0 unspecified atom stereocenters. The molecule has 1 aromatic carbocycles. The molecule has 98 valence electrons. The van der Waals surface area contributed by atoms with Gasteiger partial charge in [-0.25, -0.2) is 0 Å². The topological polar surface area (TPSA) is 37.3 Å². The molecule has 0 amide bonds. The van der Waals surface area contributed by atoms with Gasteiger partial charge in [-0.3, -0.25) is 4.79 Å². The minimum Gasteiger partial charge on any atom is -0.392 e. The SMILES string of the molecule is CC1(C)CC(=O)C(CO)=C(C#Cc2ccccc2)C1. The maximum Gasteiger partial charge on any atom is 0.162 e. The fourth-order valence-corrected chi connectivity index (χ4v) is 2.33. The van der Waals surface area contributed by atoms with Crippen LogP contribution in [0.2, 0.25) is 0 Å². The van der Waals surface area contributed by atoms with Crippen LogP contribution < -0.4 is 0 Å². The van der Waals surface area contributed by atoms with Gasteiger partial charge in [-0.2, -0.15) is 0 Å². The van der Waals surface area contributed by atoms with Gasteiger partial charge in [0, 0.05) is 23.1 Å². The van der Waals surface area contributed by atoms with E-state index in [0.29, 0.717) is 12.0 Å². The molecule has 2 heteroatoms. The second-order valence-electron chi connectivity index (χ2n) is 5.67. The van der Waals surface area contributed by atoms with Gasteiger partial charge in [0.05, 0.1) is 6.61 Å². The molecule has 0 saturated heterocycles. The average molecular weight is 254 g/mol. The second-order valence-corrected chi connectivity index (χ2v) is 5.67. The number of ketones is 1. The first-order valence-corrected chi connectivity index (χ1v) is 6.45. The summed E-state index contributed by atoms with van der Waals surface area (Å²) in [6.45, 7) is 3.90. The predicted octanol–water partition coefficient (Wildman–Crippen LogP) is 2.72. The lowest BCUT2D eigenvalue weighted by atomic mass is 9.74. The third-order valence-corrected chi connectivity index (χ3v) is 3.28. The van der Waals surface area contributed by atoms with E-state index in [4.69, 9.17) is 0 Å². The van der Waals surface area contributed by atoms with Gasteiger partial charge in [-0.05, 0) is 24.0 Å². The van der Waals surface area contributed by atoms with Gasteiger partial charge in [0.1, 0.15) is 0 Å². The molecule has 2 rings (SSSR count). The van der Waals surface area contributed by atoms with Crippen LogP contribution in [0, 0.1) is 17.3 Å². The molecule has 1 aliphatic rings. The molecule has 0 aromatic heterocycles. The van der Waals surface area contributed by atoms with E-state index in [1.165, 1.54) is 0 Å². The van der Waals surface area contributed by atoms with Crippen LogP contribution in [-0.4, -0.2) is 17.5 Å². The minimum atomic E-state index is -0.215. The normalized spacial score (nSPS) is 17.9. The Bertz CT molecular complexity index is 568. The maximum atomic E-state index is 12.0. The Kier molecular flexibility index (Phi) is 3.87. The zero-order valence-electron chi connectivity index (χ0n) is 11.4. The van der Waals surface area contributed by atoms with Gasteiger partial charge >= 0.3 is 0 Å². The van der Waals surface area contributed by atoms with Gasteiger partial charge in [-0.1, -0.05) is 43.9 Å². The van der Waals surface area contributed by atoms with Crippen LogP contribution >= 0.6 is 0 Å². The molecule has 0 aliphatic heterocycles. The molecule has 0 heterocycles. The quantitative estimate of drug-likeness (QED) is 0.782. The highest BCUT2D eigenvalue weighted by Gasteiger charge is 2.31. The molecular formula is C17H18O2. The van der Waals surface area contributed by atoms with Crippen molar-refractivity contribution in [2.24, 2.45) is 5.41 Å². The standard InChI is InChI=1S/C17H18O2/c1-17(2)10-14(15(12-18)16(19)11-17)9-8-13-6-4-3-5-7-13/h3-7,18H,10-12H2,1-2H3. The van der Waals surface area contributed by atoms with Crippen molar-refractivity contribution in [1.29, 1.82) is 0 Å². The number of aliphatic hydroxyl groups excluding tert-OH is 1. The lowest BCUT2D eigenvalue weighted by Gasteiger charge is -2.29. The summed E-state index contributed by atoms with van der Waals surface area (Å²) < 4.78 is 0. The number of carbonyl (C=O) groups is 1. The summed E-state index contributed by atoms with van der Waals surface area (Å²) in [6.07, 6.45) is 1.23. The van der Waals surface area contributed by atoms with Crippen LogP contribution in [-0.2, 0) is 4.79 Å². The largest absolute Gasteiger partial charge is 0.392 e. The first kappa shape index (κ1) is 13.6. The zero-order valence-corrected chi connectivity index (χ0v) is 11.4. The number of hydrogen-bond acceptors (Lipinski definition) is 2. The summed E-state index contributed by atoms with van der Waals surface area (Å²) in [5.41, 5.74) is 2.12. The summed E-state index contributed by atoms with van der Waals surface area (Å²) in [4.78, 5) is 12.0. The molecule has 0 atom stereocenters. The molecule has 0 bridgehead atoms. The Hall–Kier alpha value is -1.85. The van der Waals surface area contributed by atoms with E-state index in [9.17, 15) is 9.90 Å². The van der Waals surface area contributed by atoms with Crippen LogP contribution in [0.1, 0.15) is 32.3 Å². The third-order valence-electron chi connectivity index (χ3n) is 3.28. The van der Waals surface area contributed by atoms with Crippen LogP contribution in [0.25, 0.3) is 0 Å². The number of carbonyl (C=O) groups excluding carboxylic acids is 1. The third kappa shape index (κ3) is 3.33. The minimum absolute atomic E-state index is 0.0242. The molecule has 19 heavy (non-hydrogen) atoms. The van der Waals surface area contributed by atoms with Crippen molar-refractivity contribution < 1.29 is 9.90 Å². The van der Waals surface area contributed by atoms with Crippen molar-refractivity contribution in [3.63, 3.8) is 0 Å². The van der Waals surface area contributed by atoms with Crippen LogP contribution in [0.4, 0.5) is 0 Å². The summed E-state index contributed by atoms with van der Waals surface area (Å²) >= 11 is 0. The molecule has 1 aromatic rings. The summed E-state index contributed by atoms with van der Waals surface area (Å²) in [7, 11) is 0. The molecule has 1 aliphatic carbocycles. The highest BCUT2D eigenvalue weighted by Crippen LogP contribution is 2.36. The summed E-state index contributed by atoms with van der Waals surface area (Å²) in [5.74, 6) is 6.16. The number of aliphatic hydroxyl groups is 1. The Morgan fingerprint density at radius 3 is 2.47 bits per heavy atom. The van der Waals surface area contributed by atoms with Crippen molar-refractivity contribution in [1.82, 2.24) is 0 Å². The van der Waals surface area contributed by atoms with E-state index >= 15 is 0 Å². The lowest BCUT2D eigenvalue weighted by molar-refractivity contribution is -0.118. The fourth-order valence-electron chi connectivity index (χ4n) is 2.33. The molecule has 0 fully saturated rings. The van der Waals surface area contributed by atoms with Crippen molar-refractivity contribution >= 4 is 5.78 Å². The van der Waals surface area contributed by atoms with E-state index in [0.717, 1.165) is 17.6 Å². The highest BCUT2D eigenvalue weighted by molar-refractivity contribution is 5.98. The van der Waals surface area contributed by atoms with Gasteiger partial charge in [0.2, 0.25) is 0 Å². The van der Waals surface area contributed by atoms with Crippen molar-refractivity contribution in [2.45, 2.75) is 26.7 Å². The fraction of sp³-hybridized carbons (Fsp3) is 0.353. The highest BCUT2D eigenvalue weighted by atomic mass is 16.3. The molecule has 0 radical (unpaired) electrons. The Balaban J connectivity index is 2.36. The summed E-state index contributed by atoms with van der Waals surface area (Å²) in [5, 5.41) is 9.35. The number of allylic oxidation sites excluding steroid dienone is 1. The smallest absolute Gasteiger partial charge is 0.162 e. The predicted molar refractivity (Wildman–Crippen MR) is 75.5 cm³/mol. The number of hydrogen-bond donors (Lipinski definition) is 1. The van der Waals surface area contributed by atoms with E-state index < -0.39 is 0 Å². The summed E-state index contributed by atoms with van der Waals surface area (Å²) in [6, 6.07) is 9.67. The maximum absolute atomic E-state index is 12.0. The number of Topliss-reactive ketones (excluding diaryl/α,β-unsaturated/α-hetero) is 1. The molecule has 1 N–H and O–H groups in total. The van der Waals surface area contributed by atoms with Crippen LogP contribution in [0.3, 0.4) is 0 Å². The van der Waals surface area contributed by atoms with Crippen LogP contribution in [0.15, 0.2) is 41.5 Å². The first-order chi connectivity index (χ1) is 9.02. The van der Waals surface area contributed by atoms with E-state index in [1.807, 2.05) is 30.3 Å². The Morgan fingerprint density at radius 2 is 1.84 bits per heavy atom. The second kappa shape index (κ2) is 5.42. The van der Waals surface area contributed by atoms with Crippen molar-refractivity contribution in [3.8, 4) is 11.8 Å². The molecule has 0 spiro atoms. The molecule has 2 nitrogen and oxygen atoms in total. The van der Waals surface area contributed by atoms with Gasteiger partial charge in [-0.15, -0.1) is 0 Å². The number of benzene rings is 1. The van der Waals surface area contributed by atoms with Gasteiger partial charge in [0.25, 0.3) is 0 Å². The lowest BCUT2D eigenvalue weighted by Crippen LogP contribution is -2.26. The zero-order chi connectivity index (χ0) is 13.9. The average Bonchev–Trinajstić information content (AvgIpc) is 2.36. The Labute approximate surface area is 114 Å². The molecule has 0 saturated carbocycles. The Morgan fingerprint density at radius 1 is 1.16 bits per heavy atom. The van der Waals surface area contributed by atoms with Gasteiger partial charge < -0.3 is 5.11 Å². The first-order valence-electron chi connectivity index (χ1n) is 6.45. The molecular weight excluding hydrogens is 236 g/mol. The number of rotatable bonds is 1. The van der Waals surface area contributed by atoms with Crippen molar-refractivity contribution in [3.05, 3.63) is 47.0 Å².